The predicted molar refractivity (Wildman–Crippen MR) is 63.2 cm³/mol. The number of hydrogen-bond donors (Lipinski definition) is 1. The molecule has 0 aliphatic heterocycles. The maximum Gasteiger partial charge on any atom is 0.317 e. The van der Waals surface area contributed by atoms with Crippen molar-refractivity contribution in [2.45, 2.75) is 26.8 Å². The first-order valence-corrected chi connectivity index (χ1v) is 5.78. The number of nitrogens with zero attached hydrogens (tertiary/aromatic N) is 3. The van der Waals surface area contributed by atoms with Crippen LogP contribution in [-0.4, -0.2) is 40.3 Å². The van der Waals surface area contributed by atoms with Crippen LogP contribution in [0.5, 0.6) is 0 Å². The summed E-state index contributed by atoms with van der Waals surface area (Å²) < 4.78 is 1.86. The van der Waals surface area contributed by atoms with E-state index < -0.39 is 0 Å². The highest BCUT2D eigenvalue weighted by molar-refractivity contribution is 5.73. The molecule has 0 unspecified atom stereocenters. The standard InChI is InChI=1S/C11H20N4O/c1-3-14(4-2)11(16)12-7-5-9-15-10-6-8-13-15/h6,8,10H,3-5,7,9H2,1-2H3,(H,12,16). The molecule has 0 fully saturated rings. The monoisotopic (exact) mass is 224 g/mol. The van der Waals surface area contributed by atoms with Crippen molar-refractivity contribution in [2.75, 3.05) is 19.6 Å². The molecule has 0 aromatic carbocycles. The lowest BCUT2D eigenvalue weighted by Crippen LogP contribution is -2.40. The maximum atomic E-state index is 11.6. The zero-order valence-electron chi connectivity index (χ0n) is 10.0. The molecule has 0 radical (unpaired) electrons. The Morgan fingerprint density at radius 2 is 2.19 bits per heavy atom. The highest BCUT2D eigenvalue weighted by Gasteiger charge is 2.07. The minimum Gasteiger partial charge on any atom is -0.338 e. The number of rotatable bonds is 6. The molecule has 0 saturated heterocycles. The van der Waals surface area contributed by atoms with E-state index in [0.29, 0.717) is 6.54 Å². The summed E-state index contributed by atoms with van der Waals surface area (Å²) >= 11 is 0. The summed E-state index contributed by atoms with van der Waals surface area (Å²) in [5.41, 5.74) is 0. The van der Waals surface area contributed by atoms with Crippen LogP contribution in [0, 0.1) is 0 Å². The lowest BCUT2D eigenvalue weighted by molar-refractivity contribution is 0.203. The van der Waals surface area contributed by atoms with E-state index in [1.807, 2.05) is 30.8 Å². The van der Waals surface area contributed by atoms with Crippen LogP contribution in [0.25, 0.3) is 0 Å². The molecule has 90 valence electrons. The summed E-state index contributed by atoms with van der Waals surface area (Å²) in [5, 5.41) is 6.99. The smallest absolute Gasteiger partial charge is 0.317 e. The molecule has 1 rings (SSSR count). The number of carbonyl (C=O) groups excluding carboxylic acids is 1. The van der Waals surface area contributed by atoms with Gasteiger partial charge in [-0.15, -0.1) is 0 Å². The minimum atomic E-state index is 0.0189. The molecule has 0 bridgehead atoms. The largest absolute Gasteiger partial charge is 0.338 e. The lowest BCUT2D eigenvalue weighted by Gasteiger charge is -2.19. The van der Waals surface area contributed by atoms with E-state index in [1.165, 1.54) is 0 Å². The number of hydrogen-bond acceptors (Lipinski definition) is 2. The van der Waals surface area contributed by atoms with Gasteiger partial charge in [-0.2, -0.15) is 5.10 Å². The van der Waals surface area contributed by atoms with Crippen LogP contribution in [0.4, 0.5) is 4.79 Å². The SMILES string of the molecule is CCN(CC)C(=O)NCCCn1cccn1. The normalized spacial score (nSPS) is 10.1. The number of amides is 2. The van der Waals surface area contributed by atoms with Crippen LogP contribution in [-0.2, 0) is 6.54 Å². The second-order valence-electron chi connectivity index (χ2n) is 3.53. The summed E-state index contributed by atoms with van der Waals surface area (Å²) in [7, 11) is 0. The average Bonchev–Trinajstić information content (AvgIpc) is 2.79. The molecule has 16 heavy (non-hydrogen) atoms. The number of urea groups is 1. The van der Waals surface area contributed by atoms with Crippen molar-refractivity contribution in [3.63, 3.8) is 0 Å². The summed E-state index contributed by atoms with van der Waals surface area (Å²) in [4.78, 5) is 13.3. The first kappa shape index (κ1) is 12.5. The van der Waals surface area contributed by atoms with E-state index in [4.69, 9.17) is 0 Å². The summed E-state index contributed by atoms with van der Waals surface area (Å²) in [5.74, 6) is 0. The third-order valence-corrected chi connectivity index (χ3v) is 2.45. The van der Waals surface area contributed by atoms with Crippen molar-refractivity contribution in [1.29, 1.82) is 0 Å². The van der Waals surface area contributed by atoms with E-state index >= 15 is 0 Å². The Balaban J connectivity index is 2.13. The van der Waals surface area contributed by atoms with Crippen LogP contribution in [0.3, 0.4) is 0 Å². The van der Waals surface area contributed by atoms with Gasteiger partial charge in [0, 0.05) is 38.6 Å². The Morgan fingerprint density at radius 3 is 2.75 bits per heavy atom. The third-order valence-electron chi connectivity index (χ3n) is 2.45. The van der Waals surface area contributed by atoms with Gasteiger partial charge in [-0.3, -0.25) is 4.68 Å². The van der Waals surface area contributed by atoms with Crippen molar-refractivity contribution in [3.05, 3.63) is 18.5 Å². The molecule has 2 amide bonds. The first-order chi connectivity index (χ1) is 7.77. The van der Waals surface area contributed by atoms with Crippen LogP contribution in [0.15, 0.2) is 18.5 Å². The Kier molecular flexibility index (Phi) is 5.39. The number of nitrogens with one attached hydrogen (secondary N) is 1. The van der Waals surface area contributed by atoms with Crippen molar-refractivity contribution in [2.24, 2.45) is 0 Å². The van der Waals surface area contributed by atoms with Crippen LogP contribution < -0.4 is 5.32 Å². The van der Waals surface area contributed by atoms with Crippen molar-refractivity contribution in [3.8, 4) is 0 Å². The van der Waals surface area contributed by atoms with Crippen molar-refractivity contribution < 1.29 is 4.79 Å². The van der Waals surface area contributed by atoms with Gasteiger partial charge < -0.3 is 10.2 Å². The molecule has 1 aromatic heterocycles. The fourth-order valence-electron chi connectivity index (χ4n) is 1.49. The molecule has 1 heterocycles. The van der Waals surface area contributed by atoms with Crippen LogP contribution in [0.1, 0.15) is 20.3 Å². The quantitative estimate of drug-likeness (QED) is 0.741. The first-order valence-electron chi connectivity index (χ1n) is 5.78. The molecule has 5 heteroatoms. The minimum absolute atomic E-state index is 0.0189. The van der Waals surface area contributed by atoms with Gasteiger partial charge in [-0.1, -0.05) is 0 Å². The van der Waals surface area contributed by atoms with Crippen LogP contribution in [0.2, 0.25) is 0 Å². The fraction of sp³-hybridized carbons (Fsp3) is 0.636. The molecule has 1 aromatic rings. The highest BCUT2D eigenvalue weighted by atomic mass is 16.2. The number of aryl methyl sites for hydroxylation is 1. The van der Waals surface area contributed by atoms with Crippen LogP contribution >= 0.6 is 0 Å². The molecule has 5 nitrogen and oxygen atoms in total. The molecule has 0 saturated carbocycles. The second-order valence-corrected chi connectivity index (χ2v) is 3.53. The Bertz CT molecular complexity index is 293. The van der Waals surface area contributed by atoms with Gasteiger partial charge in [0.15, 0.2) is 0 Å². The summed E-state index contributed by atoms with van der Waals surface area (Å²) in [6.07, 6.45) is 4.58. The van der Waals surface area contributed by atoms with Gasteiger partial charge in [0.1, 0.15) is 0 Å². The zero-order chi connectivity index (χ0) is 11.8. The summed E-state index contributed by atoms with van der Waals surface area (Å²) in [6.45, 7) is 6.99. The van der Waals surface area contributed by atoms with Gasteiger partial charge in [-0.05, 0) is 26.3 Å². The van der Waals surface area contributed by atoms with E-state index in [2.05, 4.69) is 10.4 Å². The molecule has 0 atom stereocenters. The van der Waals surface area contributed by atoms with Gasteiger partial charge in [0.25, 0.3) is 0 Å². The fourth-order valence-corrected chi connectivity index (χ4v) is 1.49. The number of aromatic nitrogens is 2. The van der Waals surface area contributed by atoms with Crippen molar-refractivity contribution in [1.82, 2.24) is 20.0 Å². The highest BCUT2D eigenvalue weighted by Crippen LogP contribution is 1.90. The van der Waals surface area contributed by atoms with Gasteiger partial charge in [0.05, 0.1) is 0 Å². The zero-order valence-corrected chi connectivity index (χ0v) is 10.0. The average molecular weight is 224 g/mol. The van der Waals surface area contributed by atoms with E-state index in [1.54, 1.807) is 11.1 Å². The van der Waals surface area contributed by atoms with E-state index in [-0.39, 0.29) is 6.03 Å². The summed E-state index contributed by atoms with van der Waals surface area (Å²) in [6, 6.07) is 1.92. The predicted octanol–water partition coefficient (Wildman–Crippen LogP) is 1.32. The maximum absolute atomic E-state index is 11.6. The Labute approximate surface area is 96.4 Å². The molecule has 0 aliphatic rings. The topological polar surface area (TPSA) is 50.2 Å². The molecule has 0 aliphatic carbocycles. The molecule has 0 spiro atoms. The molecular formula is C11H20N4O. The van der Waals surface area contributed by atoms with Gasteiger partial charge in [-0.25, -0.2) is 4.79 Å². The van der Waals surface area contributed by atoms with E-state index in [0.717, 1.165) is 26.1 Å². The molecular weight excluding hydrogens is 204 g/mol. The van der Waals surface area contributed by atoms with Gasteiger partial charge in [0.2, 0.25) is 0 Å². The Morgan fingerprint density at radius 1 is 1.44 bits per heavy atom. The van der Waals surface area contributed by atoms with E-state index in [9.17, 15) is 4.79 Å². The third kappa shape index (κ3) is 3.92. The number of carbonyl (C=O) groups is 1. The van der Waals surface area contributed by atoms with Gasteiger partial charge >= 0.3 is 6.03 Å². The Hall–Kier alpha value is -1.52. The second kappa shape index (κ2) is 6.87. The lowest BCUT2D eigenvalue weighted by atomic mass is 10.4. The van der Waals surface area contributed by atoms with Crippen molar-refractivity contribution >= 4 is 6.03 Å². The molecule has 1 N–H and O–H groups in total.